The van der Waals surface area contributed by atoms with Gasteiger partial charge in [-0.25, -0.2) is 4.39 Å². The van der Waals surface area contributed by atoms with Gasteiger partial charge in [0, 0.05) is 16.6 Å². The first-order chi connectivity index (χ1) is 10.2. The van der Waals surface area contributed by atoms with E-state index in [4.69, 9.17) is 16.3 Å². The number of rotatable bonds is 6. The van der Waals surface area contributed by atoms with Gasteiger partial charge in [-0.1, -0.05) is 35.9 Å². The first kappa shape index (κ1) is 15.8. The predicted molar refractivity (Wildman–Crippen MR) is 84.5 cm³/mol. The zero-order valence-electron chi connectivity index (χ0n) is 12.2. The van der Waals surface area contributed by atoms with Gasteiger partial charge in [-0.05, 0) is 44.2 Å². The third-order valence-corrected chi connectivity index (χ3v) is 3.62. The van der Waals surface area contributed by atoms with Crippen LogP contribution in [0.2, 0.25) is 5.02 Å². The minimum atomic E-state index is -0.281. The van der Waals surface area contributed by atoms with Crippen molar-refractivity contribution in [1.82, 2.24) is 5.32 Å². The van der Waals surface area contributed by atoms with Crippen LogP contribution in [-0.4, -0.2) is 13.7 Å². The Balaban J connectivity index is 2.27. The average molecular weight is 308 g/mol. The minimum absolute atomic E-state index is 0.0246. The van der Waals surface area contributed by atoms with E-state index in [1.54, 1.807) is 12.1 Å². The summed E-state index contributed by atoms with van der Waals surface area (Å²) in [6, 6.07) is 12.6. The summed E-state index contributed by atoms with van der Waals surface area (Å²) >= 11 is 5.80. The highest BCUT2D eigenvalue weighted by molar-refractivity contribution is 6.30. The first-order valence-electron chi connectivity index (χ1n) is 6.98. The number of likely N-dealkylation sites (N-methyl/N-ethyl adjacent to an activating group) is 1. The van der Waals surface area contributed by atoms with Gasteiger partial charge in [0.15, 0.2) is 0 Å². The van der Waals surface area contributed by atoms with Crippen LogP contribution in [0.15, 0.2) is 42.5 Å². The lowest BCUT2D eigenvalue weighted by molar-refractivity contribution is 0.332. The number of ether oxygens (including phenoxy) is 1. The molecule has 21 heavy (non-hydrogen) atoms. The maximum atomic E-state index is 14.0. The summed E-state index contributed by atoms with van der Waals surface area (Å²) in [4.78, 5) is 0. The molecule has 112 valence electrons. The van der Waals surface area contributed by atoms with Crippen molar-refractivity contribution in [2.45, 2.75) is 19.4 Å². The molecule has 0 aliphatic rings. The molecule has 0 aliphatic heterocycles. The van der Waals surface area contributed by atoms with Crippen molar-refractivity contribution in [1.29, 1.82) is 0 Å². The van der Waals surface area contributed by atoms with Crippen LogP contribution in [0.4, 0.5) is 4.39 Å². The summed E-state index contributed by atoms with van der Waals surface area (Å²) in [6.45, 7) is 2.55. The van der Waals surface area contributed by atoms with E-state index in [0.717, 1.165) is 11.3 Å². The van der Waals surface area contributed by atoms with E-state index < -0.39 is 0 Å². The largest absolute Gasteiger partial charge is 0.494 e. The van der Waals surface area contributed by atoms with Crippen molar-refractivity contribution in [3.63, 3.8) is 0 Å². The number of para-hydroxylation sites is 1. The van der Waals surface area contributed by atoms with Crippen molar-refractivity contribution in [2.24, 2.45) is 0 Å². The van der Waals surface area contributed by atoms with Gasteiger partial charge in [0.2, 0.25) is 0 Å². The highest BCUT2D eigenvalue weighted by atomic mass is 35.5. The number of nitrogens with one attached hydrogen (secondary N) is 1. The SMILES string of the molecule is CCOc1ccccc1C(Cc1ccc(Cl)cc1F)NC. The number of benzene rings is 2. The second-order valence-corrected chi connectivity index (χ2v) is 5.19. The van der Waals surface area contributed by atoms with Crippen LogP contribution < -0.4 is 10.1 Å². The van der Waals surface area contributed by atoms with E-state index in [1.165, 1.54) is 6.07 Å². The lowest BCUT2D eigenvalue weighted by Gasteiger charge is -2.20. The van der Waals surface area contributed by atoms with E-state index in [2.05, 4.69) is 5.32 Å². The molecule has 2 aromatic carbocycles. The van der Waals surface area contributed by atoms with E-state index >= 15 is 0 Å². The summed E-state index contributed by atoms with van der Waals surface area (Å²) in [5, 5.41) is 3.64. The van der Waals surface area contributed by atoms with Gasteiger partial charge in [-0.15, -0.1) is 0 Å². The van der Waals surface area contributed by atoms with Crippen molar-refractivity contribution in [2.75, 3.05) is 13.7 Å². The van der Waals surface area contributed by atoms with Gasteiger partial charge in [-0.3, -0.25) is 0 Å². The highest BCUT2D eigenvalue weighted by Gasteiger charge is 2.16. The molecule has 0 fully saturated rings. The van der Waals surface area contributed by atoms with Gasteiger partial charge >= 0.3 is 0 Å². The lowest BCUT2D eigenvalue weighted by atomic mass is 9.98. The maximum absolute atomic E-state index is 14.0. The highest BCUT2D eigenvalue weighted by Crippen LogP contribution is 2.28. The molecule has 0 amide bonds. The summed E-state index contributed by atoms with van der Waals surface area (Å²) in [5.41, 5.74) is 1.65. The first-order valence-corrected chi connectivity index (χ1v) is 7.36. The van der Waals surface area contributed by atoms with Gasteiger partial charge in [0.05, 0.1) is 6.61 Å². The molecule has 0 radical (unpaired) electrons. The van der Waals surface area contributed by atoms with E-state index in [0.29, 0.717) is 23.6 Å². The predicted octanol–water partition coefficient (Wildman–Crippen LogP) is 4.38. The summed E-state index contributed by atoms with van der Waals surface area (Å²) in [5.74, 6) is 0.547. The lowest BCUT2D eigenvalue weighted by Crippen LogP contribution is -2.20. The average Bonchev–Trinajstić information content (AvgIpc) is 2.48. The molecule has 1 N–H and O–H groups in total. The Labute approximate surface area is 129 Å². The summed E-state index contributed by atoms with van der Waals surface area (Å²) < 4.78 is 19.6. The van der Waals surface area contributed by atoms with Crippen molar-refractivity contribution >= 4 is 11.6 Å². The quantitative estimate of drug-likeness (QED) is 0.855. The molecule has 0 aromatic heterocycles. The third-order valence-electron chi connectivity index (χ3n) is 3.38. The topological polar surface area (TPSA) is 21.3 Å². The van der Waals surface area contributed by atoms with Crippen LogP contribution in [0.5, 0.6) is 5.75 Å². The second kappa shape index (κ2) is 7.43. The fraction of sp³-hybridized carbons (Fsp3) is 0.294. The van der Waals surface area contributed by atoms with Crippen molar-refractivity contribution in [3.05, 3.63) is 64.4 Å². The minimum Gasteiger partial charge on any atom is -0.494 e. The monoisotopic (exact) mass is 307 g/mol. The van der Waals surface area contributed by atoms with Gasteiger partial charge in [-0.2, -0.15) is 0 Å². The molecule has 0 saturated heterocycles. The Bertz CT molecular complexity index is 603. The molecule has 0 saturated carbocycles. The molecule has 1 unspecified atom stereocenters. The maximum Gasteiger partial charge on any atom is 0.127 e. The molecule has 2 aromatic rings. The molecule has 2 rings (SSSR count). The van der Waals surface area contributed by atoms with Crippen LogP contribution in [0.3, 0.4) is 0 Å². The molecule has 4 heteroatoms. The molecule has 1 atom stereocenters. The second-order valence-electron chi connectivity index (χ2n) is 4.75. The Morgan fingerprint density at radius 2 is 2.00 bits per heavy atom. The molecular weight excluding hydrogens is 289 g/mol. The molecule has 2 nitrogen and oxygen atoms in total. The Morgan fingerprint density at radius 3 is 2.67 bits per heavy atom. The molecule has 0 spiro atoms. The fourth-order valence-corrected chi connectivity index (χ4v) is 2.49. The zero-order chi connectivity index (χ0) is 15.2. The van der Waals surface area contributed by atoms with Gasteiger partial charge in [0.1, 0.15) is 11.6 Å². The fourth-order valence-electron chi connectivity index (χ4n) is 2.33. The van der Waals surface area contributed by atoms with Crippen LogP contribution in [0.1, 0.15) is 24.1 Å². The number of hydrogen-bond acceptors (Lipinski definition) is 2. The third kappa shape index (κ3) is 3.96. The standard InChI is InChI=1S/C17H19ClFNO/c1-3-21-17-7-5-4-6-14(17)16(20-2)10-12-8-9-13(18)11-15(12)19/h4-9,11,16,20H,3,10H2,1-2H3. The Morgan fingerprint density at radius 1 is 1.24 bits per heavy atom. The van der Waals surface area contributed by atoms with Crippen molar-refractivity contribution < 1.29 is 9.13 Å². The molecular formula is C17H19ClFNO. The number of halogens is 2. The zero-order valence-corrected chi connectivity index (χ0v) is 13.0. The summed E-state index contributed by atoms with van der Waals surface area (Å²) in [6.07, 6.45) is 0.531. The van der Waals surface area contributed by atoms with E-state index in [1.807, 2.05) is 38.2 Å². The van der Waals surface area contributed by atoms with Gasteiger partial charge < -0.3 is 10.1 Å². The smallest absolute Gasteiger partial charge is 0.127 e. The van der Waals surface area contributed by atoms with Crippen LogP contribution >= 0.6 is 11.6 Å². The Hall–Kier alpha value is -1.58. The molecule has 0 heterocycles. The van der Waals surface area contributed by atoms with Crippen LogP contribution in [0, 0.1) is 5.82 Å². The van der Waals surface area contributed by atoms with E-state index in [9.17, 15) is 4.39 Å². The Kier molecular flexibility index (Phi) is 5.59. The number of hydrogen-bond donors (Lipinski definition) is 1. The molecule has 0 bridgehead atoms. The van der Waals surface area contributed by atoms with Crippen LogP contribution in [0.25, 0.3) is 0 Å². The normalized spacial score (nSPS) is 12.2. The van der Waals surface area contributed by atoms with Crippen LogP contribution in [-0.2, 0) is 6.42 Å². The van der Waals surface area contributed by atoms with Crippen molar-refractivity contribution in [3.8, 4) is 5.75 Å². The van der Waals surface area contributed by atoms with Gasteiger partial charge in [0.25, 0.3) is 0 Å². The molecule has 0 aliphatic carbocycles. The summed E-state index contributed by atoms with van der Waals surface area (Å²) in [7, 11) is 1.86. The van der Waals surface area contributed by atoms with E-state index in [-0.39, 0.29) is 11.9 Å².